The molecule has 1 amide bonds. The van der Waals surface area contributed by atoms with Crippen molar-refractivity contribution in [3.05, 3.63) is 0 Å². The SMILES string of the molecule is C[AsH]CCNC(=O)O. The van der Waals surface area contributed by atoms with Crippen molar-refractivity contribution in [1.29, 1.82) is 0 Å². The molecule has 0 heterocycles. The van der Waals surface area contributed by atoms with Gasteiger partial charge in [-0.25, -0.2) is 0 Å². The van der Waals surface area contributed by atoms with Crippen molar-refractivity contribution in [2.75, 3.05) is 6.54 Å². The normalized spacial score (nSPS) is 10.1. The summed E-state index contributed by atoms with van der Waals surface area (Å²) in [6.45, 7) is 0.631. The topological polar surface area (TPSA) is 49.3 Å². The minimum absolute atomic E-state index is 0.143. The van der Waals surface area contributed by atoms with Gasteiger partial charge in [-0.2, -0.15) is 0 Å². The molecule has 2 N–H and O–H groups in total. The molecule has 0 aliphatic rings. The summed E-state index contributed by atoms with van der Waals surface area (Å²) in [6, 6.07) is 0. The summed E-state index contributed by atoms with van der Waals surface area (Å²) in [7, 11) is 0. The van der Waals surface area contributed by atoms with Crippen LogP contribution >= 0.6 is 0 Å². The first-order chi connectivity index (χ1) is 3.77. The molecule has 0 aromatic heterocycles. The summed E-state index contributed by atoms with van der Waals surface area (Å²) >= 11 is 0.143. The summed E-state index contributed by atoms with van der Waals surface area (Å²) in [5.41, 5.74) is 2.14. The van der Waals surface area contributed by atoms with E-state index in [0.29, 0.717) is 6.54 Å². The monoisotopic (exact) mass is 179 g/mol. The maximum atomic E-state index is 9.78. The van der Waals surface area contributed by atoms with Crippen LogP contribution in [0.3, 0.4) is 0 Å². The van der Waals surface area contributed by atoms with Crippen molar-refractivity contribution >= 4 is 21.8 Å². The summed E-state index contributed by atoms with van der Waals surface area (Å²) in [5, 5.41) is 11.4. The number of rotatable bonds is 3. The zero-order valence-corrected chi connectivity index (χ0v) is 6.87. The van der Waals surface area contributed by atoms with Gasteiger partial charge in [0.25, 0.3) is 0 Å². The van der Waals surface area contributed by atoms with Crippen molar-refractivity contribution in [3.8, 4) is 0 Å². The van der Waals surface area contributed by atoms with Crippen molar-refractivity contribution in [3.63, 3.8) is 0 Å². The average molecular weight is 179 g/mol. The van der Waals surface area contributed by atoms with E-state index >= 15 is 0 Å². The number of hydrogen-bond acceptors (Lipinski definition) is 1. The second-order valence-corrected chi connectivity index (χ2v) is 3.87. The molecule has 0 radical (unpaired) electrons. The summed E-state index contributed by atoms with van der Waals surface area (Å²) < 4.78 is 0. The van der Waals surface area contributed by atoms with Gasteiger partial charge in [-0.1, -0.05) is 0 Å². The van der Waals surface area contributed by atoms with Crippen LogP contribution in [0.15, 0.2) is 0 Å². The zero-order chi connectivity index (χ0) is 6.41. The summed E-state index contributed by atoms with van der Waals surface area (Å²) in [5.74, 6) is 0. The number of carbonyl (C=O) groups is 1. The molecular weight excluding hydrogens is 169 g/mol. The molecule has 1 atom stereocenters. The predicted molar refractivity (Wildman–Crippen MR) is 33.8 cm³/mol. The Morgan fingerprint density at radius 2 is 2.50 bits per heavy atom. The van der Waals surface area contributed by atoms with Crippen LogP contribution < -0.4 is 5.32 Å². The third-order valence-corrected chi connectivity index (χ3v) is 2.22. The van der Waals surface area contributed by atoms with Crippen LogP contribution in [0.25, 0.3) is 0 Å². The predicted octanol–water partition coefficient (Wildman–Crippen LogP) is 0.157. The van der Waals surface area contributed by atoms with Crippen LogP contribution in [0.5, 0.6) is 0 Å². The van der Waals surface area contributed by atoms with Gasteiger partial charge in [0.15, 0.2) is 0 Å². The molecule has 0 fully saturated rings. The summed E-state index contributed by atoms with van der Waals surface area (Å²) in [6.07, 6.45) is -0.912. The molecule has 3 nitrogen and oxygen atoms in total. The third kappa shape index (κ3) is 5.83. The molecule has 0 bridgehead atoms. The Balaban J connectivity index is 2.82. The molecule has 4 heteroatoms. The van der Waals surface area contributed by atoms with Crippen molar-refractivity contribution in [1.82, 2.24) is 5.32 Å². The van der Waals surface area contributed by atoms with Crippen LogP contribution in [0, 0.1) is 0 Å². The molecule has 0 saturated carbocycles. The number of carboxylic acid groups (broad SMARTS) is 1. The fourth-order valence-corrected chi connectivity index (χ4v) is 1.08. The summed E-state index contributed by atoms with van der Waals surface area (Å²) in [4.78, 5) is 9.78. The molecule has 0 aromatic carbocycles. The van der Waals surface area contributed by atoms with Gasteiger partial charge in [0, 0.05) is 0 Å². The van der Waals surface area contributed by atoms with Crippen LogP contribution in [0.2, 0.25) is 10.9 Å². The molecule has 0 spiro atoms. The van der Waals surface area contributed by atoms with E-state index in [4.69, 9.17) is 5.11 Å². The van der Waals surface area contributed by atoms with E-state index in [1.165, 1.54) is 0 Å². The van der Waals surface area contributed by atoms with Crippen LogP contribution in [0.1, 0.15) is 0 Å². The fourth-order valence-electron chi connectivity index (χ4n) is 0.294. The van der Waals surface area contributed by atoms with Gasteiger partial charge < -0.3 is 0 Å². The first-order valence-corrected chi connectivity index (χ1v) is 5.97. The van der Waals surface area contributed by atoms with Crippen molar-refractivity contribution in [2.45, 2.75) is 10.9 Å². The molecule has 0 aromatic rings. The van der Waals surface area contributed by atoms with E-state index in [1.807, 2.05) is 0 Å². The first kappa shape index (κ1) is 7.83. The second-order valence-electron chi connectivity index (χ2n) is 1.34. The van der Waals surface area contributed by atoms with E-state index in [2.05, 4.69) is 11.0 Å². The van der Waals surface area contributed by atoms with Gasteiger partial charge in [-0.15, -0.1) is 0 Å². The van der Waals surface area contributed by atoms with Gasteiger partial charge >= 0.3 is 54.5 Å². The fraction of sp³-hybridized carbons (Fsp3) is 0.750. The molecule has 0 aliphatic heterocycles. The van der Waals surface area contributed by atoms with Gasteiger partial charge in [-0.3, -0.25) is 0 Å². The Hall–Kier alpha value is -0.172. The van der Waals surface area contributed by atoms with Crippen molar-refractivity contribution < 1.29 is 9.90 Å². The van der Waals surface area contributed by atoms with E-state index < -0.39 is 6.09 Å². The van der Waals surface area contributed by atoms with Crippen LogP contribution in [-0.2, 0) is 0 Å². The van der Waals surface area contributed by atoms with Crippen LogP contribution in [-0.4, -0.2) is 33.5 Å². The number of nitrogens with one attached hydrogen (secondary N) is 1. The molecule has 0 aliphatic carbocycles. The van der Waals surface area contributed by atoms with Crippen LogP contribution in [0.4, 0.5) is 4.79 Å². The molecule has 48 valence electrons. The average Bonchev–Trinajstić information content (AvgIpc) is 1.66. The third-order valence-electron chi connectivity index (χ3n) is 0.651. The zero-order valence-electron chi connectivity index (χ0n) is 4.77. The second kappa shape index (κ2) is 4.97. The molecular formula is C4H10AsNO2. The molecule has 1 unspecified atom stereocenters. The van der Waals surface area contributed by atoms with Gasteiger partial charge in [0.2, 0.25) is 0 Å². The minimum atomic E-state index is -0.912. The van der Waals surface area contributed by atoms with Crippen molar-refractivity contribution in [2.24, 2.45) is 0 Å². The number of amides is 1. The van der Waals surface area contributed by atoms with E-state index in [9.17, 15) is 4.79 Å². The molecule has 0 rings (SSSR count). The van der Waals surface area contributed by atoms with Gasteiger partial charge in [0.1, 0.15) is 0 Å². The Morgan fingerprint density at radius 3 is 2.88 bits per heavy atom. The quantitative estimate of drug-likeness (QED) is 0.478. The molecule has 8 heavy (non-hydrogen) atoms. The first-order valence-electron chi connectivity index (χ1n) is 2.38. The Bertz CT molecular complexity index is 76.4. The van der Waals surface area contributed by atoms with E-state index in [0.717, 1.165) is 5.21 Å². The van der Waals surface area contributed by atoms with Gasteiger partial charge in [0.05, 0.1) is 0 Å². The standard InChI is InChI=1S/C4H10AsNO2/c1-5-2-3-6-4(7)8/h5-6H,2-3H2,1H3,(H,7,8). The van der Waals surface area contributed by atoms with Gasteiger partial charge in [-0.05, 0) is 0 Å². The molecule has 0 saturated heterocycles. The van der Waals surface area contributed by atoms with E-state index in [-0.39, 0.29) is 15.8 Å². The maximum absolute atomic E-state index is 9.78. The Labute approximate surface area is 55.2 Å². The Kier molecular flexibility index (Phi) is 4.87. The van der Waals surface area contributed by atoms with E-state index in [1.54, 1.807) is 0 Å². The number of hydrogen-bond donors (Lipinski definition) is 2. The Morgan fingerprint density at radius 1 is 1.88 bits per heavy atom.